The van der Waals surface area contributed by atoms with Crippen molar-refractivity contribution in [2.45, 2.75) is 6.92 Å². The molecule has 11 heavy (non-hydrogen) atoms. The summed E-state index contributed by atoms with van der Waals surface area (Å²) in [6.45, 7) is 1.36. The minimum atomic E-state index is -1.42. The van der Waals surface area contributed by atoms with E-state index in [0.29, 0.717) is 0 Å². The van der Waals surface area contributed by atoms with Crippen molar-refractivity contribution in [3.8, 4) is 0 Å². The van der Waals surface area contributed by atoms with E-state index in [1.54, 1.807) is 0 Å². The summed E-state index contributed by atoms with van der Waals surface area (Å²) in [6.07, 6.45) is 0. The van der Waals surface area contributed by atoms with Crippen molar-refractivity contribution < 1.29 is 0 Å². The summed E-state index contributed by atoms with van der Waals surface area (Å²) in [5.74, 6) is -1.17. The Morgan fingerprint density at radius 1 is 0.909 bits per heavy atom. The van der Waals surface area contributed by atoms with Crippen LogP contribution in [0.4, 0.5) is 0 Å². The van der Waals surface area contributed by atoms with E-state index in [4.69, 9.17) is 33.4 Å². The number of rotatable bonds is 3. The molecule has 0 amide bonds. The lowest BCUT2D eigenvalue weighted by atomic mass is 9.87. The topological polar surface area (TPSA) is 150 Å². The molecule has 0 aliphatic heterocycles. The maximum atomic E-state index is 7.05. The van der Waals surface area contributed by atoms with Crippen LogP contribution in [0, 0.1) is 21.6 Å². The lowest BCUT2D eigenvalue weighted by Gasteiger charge is -2.24. The van der Waals surface area contributed by atoms with Gasteiger partial charge >= 0.3 is 0 Å². The first-order chi connectivity index (χ1) is 4.83. The summed E-state index contributed by atoms with van der Waals surface area (Å²) < 4.78 is 0. The zero-order chi connectivity index (χ0) is 9.23. The molecule has 62 valence electrons. The SMILES string of the molecule is CC(C(=N)N)(C(=N)N)C(=N)N. The van der Waals surface area contributed by atoms with Crippen molar-refractivity contribution in [2.75, 3.05) is 0 Å². The third kappa shape index (κ3) is 1.28. The van der Waals surface area contributed by atoms with Gasteiger partial charge in [-0.15, -0.1) is 0 Å². The fourth-order valence-corrected chi connectivity index (χ4v) is 0.435. The third-order valence-corrected chi connectivity index (χ3v) is 1.62. The summed E-state index contributed by atoms with van der Waals surface area (Å²) in [5, 5.41) is 21.1. The Kier molecular flexibility index (Phi) is 2.20. The van der Waals surface area contributed by atoms with Gasteiger partial charge in [0, 0.05) is 0 Å². The number of nitrogens with two attached hydrogens (primary N) is 3. The molecule has 0 bridgehead atoms. The molecule has 0 atom stereocenters. The molecule has 6 heteroatoms. The molecule has 0 aromatic carbocycles. The van der Waals surface area contributed by atoms with Gasteiger partial charge in [-0.2, -0.15) is 0 Å². The average Bonchev–Trinajstić information content (AvgIpc) is 1.84. The number of nitrogens with one attached hydrogen (secondary N) is 3. The first-order valence-corrected chi connectivity index (χ1v) is 2.87. The molecule has 0 rings (SSSR count). The number of hydrogen-bond acceptors (Lipinski definition) is 3. The van der Waals surface area contributed by atoms with E-state index in [1.807, 2.05) is 0 Å². The van der Waals surface area contributed by atoms with Crippen molar-refractivity contribution in [1.82, 2.24) is 0 Å². The van der Waals surface area contributed by atoms with Gasteiger partial charge in [0.05, 0.1) is 0 Å². The molecule has 0 fully saturated rings. The molecule has 0 aromatic rings. The molecule has 0 saturated carbocycles. The van der Waals surface area contributed by atoms with Gasteiger partial charge in [-0.3, -0.25) is 16.2 Å². The van der Waals surface area contributed by atoms with Crippen molar-refractivity contribution in [2.24, 2.45) is 22.6 Å². The van der Waals surface area contributed by atoms with Crippen LogP contribution in [-0.4, -0.2) is 17.5 Å². The summed E-state index contributed by atoms with van der Waals surface area (Å²) in [6, 6.07) is 0. The highest BCUT2D eigenvalue weighted by molar-refractivity contribution is 6.23. The minimum absolute atomic E-state index is 0.391. The fraction of sp³-hybridized carbons (Fsp3) is 0.400. The van der Waals surface area contributed by atoms with Crippen LogP contribution in [0.3, 0.4) is 0 Å². The van der Waals surface area contributed by atoms with Crippen molar-refractivity contribution in [3.05, 3.63) is 0 Å². The third-order valence-electron chi connectivity index (χ3n) is 1.62. The largest absolute Gasteiger partial charge is 0.386 e. The normalized spacial score (nSPS) is 15.0. The molecular formula is C5H12N6. The van der Waals surface area contributed by atoms with Gasteiger partial charge in [0.2, 0.25) is 0 Å². The second-order valence-corrected chi connectivity index (χ2v) is 2.37. The first kappa shape index (κ1) is 9.41. The second-order valence-electron chi connectivity index (χ2n) is 2.37. The molecule has 0 aromatic heterocycles. The van der Waals surface area contributed by atoms with Crippen LogP contribution in [0.25, 0.3) is 0 Å². The summed E-state index contributed by atoms with van der Waals surface area (Å²) in [5.41, 5.74) is 13.9. The number of hydrogen-bond donors (Lipinski definition) is 6. The predicted molar refractivity (Wildman–Crippen MR) is 43.8 cm³/mol. The summed E-state index contributed by atoms with van der Waals surface area (Å²) in [7, 11) is 0. The molecule has 6 nitrogen and oxygen atoms in total. The van der Waals surface area contributed by atoms with Crippen molar-refractivity contribution >= 4 is 17.5 Å². The van der Waals surface area contributed by atoms with E-state index in [-0.39, 0.29) is 0 Å². The highest BCUT2D eigenvalue weighted by Gasteiger charge is 2.35. The highest BCUT2D eigenvalue weighted by Crippen LogP contribution is 2.13. The van der Waals surface area contributed by atoms with E-state index in [0.717, 1.165) is 0 Å². The van der Waals surface area contributed by atoms with Gasteiger partial charge in [0.1, 0.15) is 22.9 Å². The Hall–Kier alpha value is -1.59. The Bertz CT molecular complexity index is 181. The predicted octanol–water partition coefficient (Wildman–Crippen LogP) is -1.20. The Morgan fingerprint density at radius 3 is 1.09 bits per heavy atom. The van der Waals surface area contributed by atoms with Crippen LogP contribution in [0.15, 0.2) is 0 Å². The van der Waals surface area contributed by atoms with Gasteiger partial charge in [0.15, 0.2) is 0 Å². The smallest absolute Gasteiger partial charge is 0.137 e. The minimum Gasteiger partial charge on any atom is -0.386 e. The Morgan fingerprint density at radius 2 is 1.09 bits per heavy atom. The fourth-order valence-electron chi connectivity index (χ4n) is 0.435. The van der Waals surface area contributed by atoms with Crippen LogP contribution in [-0.2, 0) is 0 Å². The monoisotopic (exact) mass is 156 g/mol. The quantitative estimate of drug-likeness (QED) is 0.225. The molecule has 0 aliphatic rings. The standard InChI is InChI=1S/C5H12N6/c1-5(2(6)7,3(8)9)4(10)11/h1H3,(H3,6,7)(H3,8,9)(H3,10,11). The molecule has 0 aliphatic carbocycles. The van der Waals surface area contributed by atoms with Crippen LogP contribution in [0.5, 0.6) is 0 Å². The molecule has 0 unspecified atom stereocenters. The van der Waals surface area contributed by atoms with Gasteiger partial charge in [-0.05, 0) is 6.92 Å². The summed E-state index contributed by atoms with van der Waals surface area (Å²) >= 11 is 0. The van der Waals surface area contributed by atoms with E-state index in [1.165, 1.54) is 6.92 Å². The second kappa shape index (κ2) is 2.57. The van der Waals surface area contributed by atoms with E-state index < -0.39 is 22.9 Å². The van der Waals surface area contributed by atoms with Gasteiger partial charge in [0.25, 0.3) is 0 Å². The molecule has 0 radical (unpaired) electrons. The molecular weight excluding hydrogens is 144 g/mol. The lowest BCUT2D eigenvalue weighted by molar-refractivity contribution is 0.824. The van der Waals surface area contributed by atoms with E-state index in [2.05, 4.69) is 0 Å². The maximum absolute atomic E-state index is 7.05. The molecule has 9 N–H and O–H groups in total. The van der Waals surface area contributed by atoms with Gasteiger partial charge < -0.3 is 17.2 Å². The zero-order valence-corrected chi connectivity index (χ0v) is 6.23. The van der Waals surface area contributed by atoms with Crippen LogP contribution >= 0.6 is 0 Å². The zero-order valence-electron chi connectivity index (χ0n) is 6.23. The van der Waals surface area contributed by atoms with Crippen LogP contribution in [0.2, 0.25) is 0 Å². The van der Waals surface area contributed by atoms with E-state index >= 15 is 0 Å². The lowest BCUT2D eigenvalue weighted by Crippen LogP contribution is -2.53. The molecule has 0 spiro atoms. The van der Waals surface area contributed by atoms with Crippen LogP contribution in [0.1, 0.15) is 6.92 Å². The van der Waals surface area contributed by atoms with E-state index in [9.17, 15) is 0 Å². The average molecular weight is 156 g/mol. The molecule has 0 heterocycles. The van der Waals surface area contributed by atoms with Gasteiger partial charge in [-0.25, -0.2) is 0 Å². The van der Waals surface area contributed by atoms with Crippen molar-refractivity contribution in [1.29, 1.82) is 16.2 Å². The molecule has 0 saturated heterocycles. The maximum Gasteiger partial charge on any atom is 0.137 e. The number of amidine groups is 3. The summed E-state index contributed by atoms with van der Waals surface area (Å²) in [4.78, 5) is 0. The van der Waals surface area contributed by atoms with Crippen molar-refractivity contribution in [3.63, 3.8) is 0 Å². The Labute approximate surface area is 64.3 Å². The Balaban J connectivity index is 4.99. The van der Waals surface area contributed by atoms with Gasteiger partial charge in [-0.1, -0.05) is 0 Å². The highest BCUT2D eigenvalue weighted by atomic mass is 14.9. The first-order valence-electron chi connectivity index (χ1n) is 2.87. The van der Waals surface area contributed by atoms with Crippen LogP contribution < -0.4 is 17.2 Å².